The van der Waals surface area contributed by atoms with Crippen LogP contribution in [0.15, 0.2) is 41.1 Å². The number of halogens is 3. The number of likely N-dealkylation sites (tertiary alicyclic amines) is 2. The van der Waals surface area contributed by atoms with Crippen LogP contribution in [0.25, 0.3) is 0 Å². The molecule has 4 nitrogen and oxygen atoms in total. The summed E-state index contributed by atoms with van der Waals surface area (Å²) in [7, 11) is 0. The molecule has 0 unspecified atom stereocenters. The summed E-state index contributed by atoms with van der Waals surface area (Å²) >= 11 is 1.60. The second-order valence-electron chi connectivity index (χ2n) is 7.62. The van der Waals surface area contributed by atoms with Gasteiger partial charge in [0.1, 0.15) is 0 Å². The van der Waals surface area contributed by atoms with E-state index in [1.54, 1.807) is 17.4 Å². The van der Waals surface area contributed by atoms with Crippen molar-refractivity contribution in [3.63, 3.8) is 0 Å². The van der Waals surface area contributed by atoms with Gasteiger partial charge in [-0.25, -0.2) is 0 Å². The molecule has 0 spiro atoms. The summed E-state index contributed by atoms with van der Waals surface area (Å²) in [4.78, 5) is 28.9. The summed E-state index contributed by atoms with van der Waals surface area (Å²) in [5, 5.41) is 4.04. The maximum atomic E-state index is 13.1. The Morgan fingerprint density at radius 3 is 2.79 bits per heavy atom. The van der Waals surface area contributed by atoms with Crippen LogP contribution in [-0.4, -0.2) is 34.7 Å². The maximum absolute atomic E-state index is 13.1. The topological polar surface area (TPSA) is 40.6 Å². The van der Waals surface area contributed by atoms with Gasteiger partial charge in [0.2, 0.25) is 11.8 Å². The van der Waals surface area contributed by atoms with Crippen molar-refractivity contribution in [3.8, 4) is 0 Å². The molecule has 2 fully saturated rings. The first-order valence-corrected chi connectivity index (χ1v) is 10.5. The van der Waals surface area contributed by atoms with Gasteiger partial charge in [-0.2, -0.15) is 24.5 Å². The monoisotopic (exact) mass is 422 g/mol. The fraction of sp³-hybridized carbons (Fsp3) is 0.429. The highest BCUT2D eigenvalue weighted by atomic mass is 32.1. The number of thiophene rings is 1. The van der Waals surface area contributed by atoms with Crippen LogP contribution in [0.3, 0.4) is 0 Å². The molecule has 8 heteroatoms. The van der Waals surface area contributed by atoms with Gasteiger partial charge < -0.3 is 9.80 Å². The summed E-state index contributed by atoms with van der Waals surface area (Å²) in [5.74, 6) is -0.654. The predicted molar refractivity (Wildman–Crippen MR) is 103 cm³/mol. The van der Waals surface area contributed by atoms with Crippen LogP contribution >= 0.6 is 11.3 Å². The maximum Gasteiger partial charge on any atom is 0.416 e. The first-order chi connectivity index (χ1) is 13.8. The average molecular weight is 422 g/mol. The van der Waals surface area contributed by atoms with E-state index in [1.807, 2.05) is 16.3 Å². The molecule has 4 rings (SSSR count). The van der Waals surface area contributed by atoms with Crippen molar-refractivity contribution in [2.45, 2.75) is 38.0 Å². The molecule has 2 amide bonds. The fourth-order valence-electron chi connectivity index (χ4n) is 4.23. The van der Waals surface area contributed by atoms with E-state index in [4.69, 9.17) is 0 Å². The highest BCUT2D eigenvalue weighted by Gasteiger charge is 2.40. The molecule has 1 aromatic carbocycles. The number of benzene rings is 1. The highest BCUT2D eigenvalue weighted by molar-refractivity contribution is 7.08. The number of carbonyl (C=O) groups excluding carboxylic acids is 2. The smallest absolute Gasteiger partial charge is 0.338 e. The molecule has 0 bridgehead atoms. The summed E-state index contributed by atoms with van der Waals surface area (Å²) in [6, 6.07) is 7.08. The van der Waals surface area contributed by atoms with Gasteiger partial charge in [-0.05, 0) is 52.9 Å². The van der Waals surface area contributed by atoms with Crippen molar-refractivity contribution in [2.75, 3.05) is 13.1 Å². The van der Waals surface area contributed by atoms with Crippen LogP contribution in [0.1, 0.15) is 42.0 Å². The second kappa shape index (κ2) is 7.82. The Bertz CT molecular complexity index is 898. The summed E-state index contributed by atoms with van der Waals surface area (Å²) in [5.41, 5.74) is 0.814. The van der Waals surface area contributed by atoms with Gasteiger partial charge >= 0.3 is 6.18 Å². The molecule has 0 saturated carbocycles. The van der Waals surface area contributed by atoms with E-state index in [1.165, 1.54) is 11.0 Å². The van der Waals surface area contributed by atoms with Gasteiger partial charge in [-0.3, -0.25) is 9.59 Å². The van der Waals surface area contributed by atoms with Gasteiger partial charge in [-0.1, -0.05) is 12.1 Å². The Hall–Kier alpha value is -2.35. The van der Waals surface area contributed by atoms with Gasteiger partial charge in [-0.15, -0.1) is 0 Å². The average Bonchev–Trinajstić information content (AvgIpc) is 3.42. The van der Waals surface area contributed by atoms with Gasteiger partial charge in [0.15, 0.2) is 0 Å². The fourth-order valence-corrected chi connectivity index (χ4v) is 4.94. The van der Waals surface area contributed by atoms with Crippen molar-refractivity contribution in [1.82, 2.24) is 9.80 Å². The van der Waals surface area contributed by atoms with Crippen LogP contribution in [0, 0.1) is 5.92 Å². The SMILES string of the molecule is O=C1C[C@@H](C(=O)N2CCC[C@H]2c2ccsc2)CN1Cc1cccc(C(F)(F)F)c1. The molecule has 1 aromatic heterocycles. The first-order valence-electron chi connectivity index (χ1n) is 9.59. The quantitative estimate of drug-likeness (QED) is 0.729. The third-order valence-corrected chi connectivity index (χ3v) is 6.36. The summed E-state index contributed by atoms with van der Waals surface area (Å²) < 4.78 is 38.8. The molecule has 0 N–H and O–H groups in total. The zero-order valence-corrected chi connectivity index (χ0v) is 16.5. The number of nitrogens with zero attached hydrogens (tertiary/aromatic N) is 2. The second-order valence-corrected chi connectivity index (χ2v) is 8.40. The van der Waals surface area contributed by atoms with Crippen LogP contribution in [-0.2, 0) is 22.3 Å². The van der Waals surface area contributed by atoms with E-state index in [9.17, 15) is 22.8 Å². The Kier molecular flexibility index (Phi) is 5.38. The lowest BCUT2D eigenvalue weighted by Gasteiger charge is -2.27. The third kappa shape index (κ3) is 4.17. The minimum Gasteiger partial charge on any atom is -0.338 e. The van der Waals surface area contributed by atoms with Gasteiger partial charge in [0.05, 0.1) is 17.5 Å². The predicted octanol–water partition coefficient (Wildman–Crippen LogP) is 4.48. The number of amides is 2. The molecule has 0 aliphatic carbocycles. The van der Waals surface area contributed by atoms with Crippen molar-refractivity contribution in [3.05, 3.63) is 57.8 Å². The minimum absolute atomic E-state index is 0.0291. The zero-order valence-electron chi connectivity index (χ0n) is 15.7. The number of hydrogen-bond acceptors (Lipinski definition) is 3. The zero-order chi connectivity index (χ0) is 20.6. The molecule has 2 aliphatic heterocycles. The Labute approximate surface area is 170 Å². The highest BCUT2D eigenvalue weighted by Crippen LogP contribution is 2.36. The van der Waals surface area contributed by atoms with Crippen molar-refractivity contribution >= 4 is 23.2 Å². The Balaban J connectivity index is 1.43. The molecule has 2 atom stereocenters. The van der Waals surface area contributed by atoms with Crippen LogP contribution in [0.5, 0.6) is 0 Å². The summed E-state index contributed by atoms with van der Waals surface area (Å²) in [6.07, 6.45) is -2.46. The molecular formula is C21H21F3N2O2S. The molecule has 2 aliphatic rings. The number of alkyl halides is 3. The first kappa shape index (κ1) is 19.9. The van der Waals surface area contributed by atoms with E-state index >= 15 is 0 Å². The van der Waals surface area contributed by atoms with Crippen LogP contribution in [0.2, 0.25) is 0 Å². The van der Waals surface area contributed by atoms with E-state index in [0.717, 1.165) is 30.5 Å². The van der Waals surface area contributed by atoms with E-state index in [-0.39, 0.29) is 37.4 Å². The Morgan fingerprint density at radius 2 is 2.07 bits per heavy atom. The lowest BCUT2D eigenvalue weighted by atomic mass is 10.0. The molecule has 29 heavy (non-hydrogen) atoms. The van der Waals surface area contributed by atoms with Crippen molar-refractivity contribution in [1.29, 1.82) is 0 Å². The van der Waals surface area contributed by atoms with Crippen molar-refractivity contribution in [2.24, 2.45) is 5.92 Å². The lowest BCUT2D eigenvalue weighted by molar-refractivity contribution is -0.138. The largest absolute Gasteiger partial charge is 0.416 e. The Morgan fingerprint density at radius 1 is 1.24 bits per heavy atom. The van der Waals surface area contributed by atoms with Gasteiger partial charge in [0.25, 0.3) is 0 Å². The number of hydrogen-bond donors (Lipinski definition) is 0. The number of carbonyl (C=O) groups is 2. The molecule has 0 radical (unpaired) electrons. The molecular weight excluding hydrogens is 401 g/mol. The van der Waals surface area contributed by atoms with E-state index in [0.29, 0.717) is 12.1 Å². The van der Waals surface area contributed by atoms with E-state index in [2.05, 4.69) is 5.38 Å². The normalized spacial score (nSPS) is 22.5. The third-order valence-electron chi connectivity index (χ3n) is 5.66. The molecule has 2 saturated heterocycles. The number of rotatable bonds is 4. The lowest BCUT2D eigenvalue weighted by Crippen LogP contribution is -2.36. The van der Waals surface area contributed by atoms with Crippen molar-refractivity contribution < 1.29 is 22.8 Å². The van der Waals surface area contributed by atoms with Crippen LogP contribution in [0.4, 0.5) is 13.2 Å². The summed E-state index contributed by atoms with van der Waals surface area (Å²) in [6.45, 7) is 1.01. The standard InChI is InChI=1S/C21H21F3N2O2S/c22-21(23,24)17-4-1-3-14(9-17)11-25-12-16(10-19(25)27)20(28)26-7-2-5-18(26)15-6-8-29-13-15/h1,3-4,6,8-9,13,16,18H,2,5,7,10-12H2/t16-,18+/m1/s1. The van der Waals surface area contributed by atoms with Crippen LogP contribution < -0.4 is 0 Å². The molecule has 154 valence electrons. The minimum atomic E-state index is -4.42. The molecule has 2 aromatic rings. The van der Waals surface area contributed by atoms with E-state index < -0.39 is 17.7 Å². The molecule has 3 heterocycles. The van der Waals surface area contributed by atoms with Gasteiger partial charge in [0, 0.05) is 26.1 Å².